The number of furan rings is 1. The third-order valence-electron chi connectivity index (χ3n) is 4.44. The van der Waals surface area contributed by atoms with Crippen LogP contribution < -0.4 is 0 Å². The Labute approximate surface area is 119 Å². The van der Waals surface area contributed by atoms with E-state index >= 15 is 0 Å². The van der Waals surface area contributed by atoms with E-state index in [4.69, 9.17) is 4.42 Å². The first kappa shape index (κ1) is 13.2. The molecule has 0 N–H and O–H groups in total. The molecule has 0 saturated heterocycles. The fourth-order valence-electron chi connectivity index (χ4n) is 3.04. The van der Waals surface area contributed by atoms with Gasteiger partial charge >= 0.3 is 0 Å². The van der Waals surface area contributed by atoms with Crippen LogP contribution in [0.1, 0.15) is 24.8 Å². The van der Waals surface area contributed by atoms with Gasteiger partial charge in [0.1, 0.15) is 5.58 Å². The van der Waals surface area contributed by atoms with Crippen LogP contribution in [-0.2, 0) is 6.42 Å². The average Bonchev–Trinajstić information content (AvgIpc) is 2.84. The molecule has 3 rings (SSSR count). The molecule has 3 nitrogen and oxygen atoms in total. The molecule has 1 saturated carbocycles. The maximum Gasteiger partial charge on any atom is 0.134 e. The lowest BCUT2D eigenvalue weighted by Gasteiger charge is -2.38. The SMILES string of the molecule is CN(CCc1coc2ccccc12)CC1(C#N)CCC1. The van der Waals surface area contributed by atoms with Gasteiger partial charge in [0.2, 0.25) is 0 Å². The highest BCUT2D eigenvalue weighted by Gasteiger charge is 2.37. The maximum absolute atomic E-state index is 9.29. The molecule has 3 heteroatoms. The van der Waals surface area contributed by atoms with Crippen molar-refractivity contribution in [3.8, 4) is 6.07 Å². The molecule has 1 aliphatic rings. The zero-order valence-corrected chi connectivity index (χ0v) is 11.9. The molecule has 1 aromatic heterocycles. The molecular formula is C17H20N2O. The van der Waals surface area contributed by atoms with E-state index in [0.717, 1.165) is 37.9 Å². The third-order valence-corrected chi connectivity index (χ3v) is 4.44. The molecule has 0 unspecified atom stereocenters. The summed E-state index contributed by atoms with van der Waals surface area (Å²) < 4.78 is 5.56. The van der Waals surface area contributed by atoms with Crippen molar-refractivity contribution >= 4 is 11.0 Å². The number of nitriles is 1. The summed E-state index contributed by atoms with van der Waals surface area (Å²) in [5, 5.41) is 10.5. The lowest BCUT2D eigenvalue weighted by molar-refractivity contribution is 0.139. The largest absolute Gasteiger partial charge is 0.464 e. The number of nitrogens with zero attached hydrogens (tertiary/aromatic N) is 2. The van der Waals surface area contributed by atoms with Gasteiger partial charge in [-0.15, -0.1) is 0 Å². The molecule has 0 amide bonds. The van der Waals surface area contributed by atoms with E-state index in [1.807, 2.05) is 24.5 Å². The Morgan fingerprint density at radius 3 is 2.85 bits per heavy atom. The van der Waals surface area contributed by atoms with Gasteiger partial charge in [-0.25, -0.2) is 0 Å². The molecule has 0 spiro atoms. The molecule has 0 bridgehead atoms. The van der Waals surface area contributed by atoms with Gasteiger partial charge in [0.05, 0.1) is 17.7 Å². The van der Waals surface area contributed by atoms with E-state index in [1.54, 1.807) is 0 Å². The van der Waals surface area contributed by atoms with Gasteiger partial charge in [-0.05, 0) is 37.9 Å². The number of para-hydroxylation sites is 1. The van der Waals surface area contributed by atoms with Gasteiger partial charge in [-0.3, -0.25) is 0 Å². The summed E-state index contributed by atoms with van der Waals surface area (Å²) in [5.41, 5.74) is 2.14. The van der Waals surface area contributed by atoms with E-state index < -0.39 is 0 Å². The van der Waals surface area contributed by atoms with Crippen molar-refractivity contribution in [3.63, 3.8) is 0 Å². The predicted octanol–water partition coefficient (Wildman–Crippen LogP) is 3.60. The van der Waals surface area contributed by atoms with Crippen LogP contribution in [-0.4, -0.2) is 25.0 Å². The summed E-state index contributed by atoms with van der Waals surface area (Å²) in [6.07, 6.45) is 6.15. The lowest BCUT2D eigenvalue weighted by Crippen LogP contribution is -2.40. The first-order chi connectivity index (χ1) is 9.72. The molecule has 0 aliphatic heterocycles. The summed E-state index contributed by atoms with van der Waals surface area (Å²) in [6.45, 7) is 1.85. The van der Waals surface area contributed by atoms with Gasteiger partial charge in [0, 0.05) is 18.5 Å². The molecule has 20 heavy (non-hydrogen) atoms. The Hall–Kier alpha value is -1.79. The molecule has 0 atom stereocenters. The van der Waals surface area contributed by atoms with Crippen molar-refractivity contribution in [3.05, 3.63) is 36.1 Å². The van der Waals surface area contributed by atoms with Crippen molar-refractivity contribution in [2.24, 2.45) is 5.41 Å². The average molecular weight is 268 g/mol. The van der Waals surface area contributed by atoms with Gasteiger partial charge in [0.15, 0.2) is 0 Å². The van der Waals surface area contributed by atoms with Gasteiger partial charge in [-0.1, -0.05) is 24.6 Å². The van der Waals surface area contributed by atoms with Gasteiger partial charge in [-0.2, -0.15) is 5.26 Å². The number of rotatable bonds is 5. The molecular weight excluding hydrogens is 248 g/mol. The molecule has 1 aromatic carbocycles. The van der Waals surface area contributed by atoms with E-state index in [-0.39, 0.29) is 5.41 Å². The normalized spacial score (nSPS) is 17.1. The molecule has 0 radical (unpaired) electrons. The van der Waals surface area contributed by atoms with Crippen LogP contribution in [0.3, 0.4) is 0 Å². The van der Waals surface area contributed by atoms with Crippen LogP contribution in [0.15, 0.2) is 34.9 Å². The van der Waals surface area contributed by atoms with E-state index in [2.05, 4.69) is 24.1 Å². The summed E-state index contributed by atoms with van der Waals surface area (Å²) in [4.78, 5) is 2.28. The van der Waals surface area contributed by atoms with Crippen LogP contribution in [0.2, 0.25) is 0 Å². The van der Waals surface area contributed by atoms with Gasteiger partial charge < -0.3 is 9.32 Å². The molecule has 1 heterocycles. The second-order valence-corrected chi connectivity index (χ2v) is 5.99. The van der Waals surface area contributed by atoms with E-state index in [1.165, 1.54) is 17.4 Å². The minimum atomic E-state index is -0.0762. The zero-order chi connectivity index (χ0) is 14.0. The Balaban J connectivity index is 1.60. The first-order valence-electron chi connectivity index (χ1n) is 7.27. The highest BCUT2D eigenvalue weighted by molar-refractivity contribution is 5.80. The molecule has 2 aromatic rings. The summed E-state index contributed by atoms with van der Waals surface area (Å²) in [7, 11) is 2.11. The monoisotopic (exact) mass is 268 g/mol. The zero-order valence-electron chi connectivity index (χ0n) is 11.9. The van der Waals surface area contributed by atoms with E-state index in [9.17, 15) is 5.26 Å². The molecule has 104 valence electrons. The smallest absolute Gasteiger partial charge is 0.134 e. The lowest BCUT2D eigenvalue weighted by atomic mass is 9.69. The fraction of sp³-hybridized carbons (Fsp3) is 0.471. The number of hydrogen-bond donors (Lipinski definition) is 0. The van der Waals surface area contributed by atoms with Crippen LogP contribution >= 0.6 is 0 Å². The predicted molar refractivity (Wildman–Crippen MR) is 79.3 cm³/mol. The van der Waals surface area contributed by atoms with Crippen LogP contribution in [0, 0.1) is 16.7 Å². The molecule has 1 fully saturated rings. The van der Waals surface area contributed by atoms with Crippen LogP contribution in [0.25, 0.3) is 11.0 Å². The van der Waals surface area contributed by atoms with Crippen LogP contribution in [0.5, 0.6) is 0 Å². The fourth-order valence-corrected chi connectivity index (χ4v) is 3.04. The highest BCUT2D eigenvalue weighted by Crippen LogP contribution is 2.40. The first-order valence-corrected chi connectivity index (χ1v) is 7.27. The Morgan fingerprint density at radius 2 is 2.15 bits per heavy atom. The number of benzene rings is 1. The summed E-state index contributed by atoms with van der Waals surface area (Å²) in [6, 6.07) is 10.7. The van der Waals surface area contributed by atoms with E-state index in [0.29, 0.717) is 0 Å². The quantitative estimate of drug-likeness (QED) is 0.831. The highest BCUT2D eigenvalue weighted by atomic mass is 16.3. The Morgan fingerprint density at radius 1 is 1.35 bits per heavy atom. The number of hydrogen-bond acceptors (Lipinski definition) is 3. The summed E-state index contributed by atoms with van der Waals surface area (Å²) >= 11 is 0. The Kier molecular flexibility index (Phi) is 3.50. The van der Waals surface area contributed by atoms with Crippen molar-refractivity contribution in [1.29, 1.82) is 5.26 Å². The van der Waals surface area contributed by atoms with Gasteiger partial charge in [0.25, 0.3) is 0 Å². The second-order valence-electron chi connectivity index (χ2n) is 5.99. The Bertz CT molecular complexity index is 634. The van der Waals surface area contributed by atoms with Crippen molar-refractivity contribution < 1.29 is 4.42 Å². The number of fused-ring (bicyclic) bond motifs is 1. The third kappa shape index (κ3) is 2.44. The number of likely N-dealkylation sites (N-methyl/N-ethyl adjacent to an activating group) is 1. The van der Waals surface area contributed by atoms with Crippen molar-refractivity contribution in [2.75, 3.05) is 20.1 Å². The van der Waals surface area contributed by atoms with Crippen LogP contribution in [0.4, 0.5) is 0 Å². The standard InChI is InChI=1S/C17H20N2O/c1-19(13-17(12-18)8-4-9-17)10-7-14-11-20-16-6-3-2-5-15(14)16/h2-3,5-6,11H,4,7-10,13H2,1H3. The minimum absolute atomic E-state index is 0.0762. The summed E-state index contributed by atoms with van der Waals surface area (Å²) in [5.74, 6) is 0. The van der Waals surface area contributed by atoms with Crippen molar-refractivity contribution in [1.82, 2.24) is 4.90 Å². The topological polar surface area (TPSA) is 40.2 Å². The van der Waals surface area contributed by atoms with Crippen molar-refractivity contribution in [2.45, 2.75) is 25.7 Å². The minimum Gasteiger partial charge on any atom is -0.464 e. The molecule has 1 aliphatic carbocycles. The second kappa shape index (κ2) is 5.30. The maximum atomic E-state index is 9.29.